The van der Waals surface area contributed by atoms with Crippen LogP contribution in [0.3, 0.4) is 0 Å². The Morgan fingerprint density at radius 3 is 2.56 bits per heavy atom. The number of nitrogens with one attached hydrogen (secondary N) is 1. The summed E-state index contributed by atoms with van der Waals surface area (Å²) in [5.41, 5.74) is 2.66. The van der Waals surface area contributed by atoms with Crippen LogP contribution >= 0.6 is 0 Å². The van der Waals surface area contributed by atoms with Crippen LogP contribution in [0.2, 0.25) is 0 Å². The number of aromatic hydroxyl groups is 1. The fourth-order valence-corrected chi connectivity index (χ4v) is 6.07. The molecular formula is C26H26N4O9. The van der Waals surface area contributed by atoms with Gasteiger partial charge in [0.05, 0.1) is 23.4 Å². The largest absolute Gasteiger partial charge is 0.508 e. The number of hydrogen-bond acceptors (Lipinski definition) is 11. The summed E-state index contributed by atoms with van der Waals surface area (Å²) in [5.74, 6) is -7.66. The number of primary amides is 1. The van der Waals surface area contributed by atoms with Gasteiger partial charge in [0, 0.05) is 18.0 Å². The molecule has 13 heteroatoms. The number of ketones is 2. The van der Waals surface area contributed by atoms with Crippen molar-refractivity contribution < 1.29 is 44.1 Å². The molecule has 0 unspecified atom stereocenters. The second-order valence-electron chi connectivity index (χ2n) is 10.2. The van der Waals surface area contributed by atoms with E-state index in [1.54, 1.807) is 6.07 Å². The molecule has 0 bridgehead atoms. The first kappa shape index (κ1) is 26.1. The van der Waals surface area contributed by atoms with Crippen LogP contribution in [0.15, 0.2) is 46.0 Å². The molecule has 0 aliphatic heterocycles. The number of aliphatic hydroxyl groups is 3. The first-order valence-electron chi connectivity index (χ1n) is 12.1. The predicted molar refractivity (Wildman–Crippen MR) is 132 cm³/mol. The van der Waals surface area contributed by atoms with Gasteiger partial charge in [-0.1, -0.05) is 11.2 Å². The van der Waals surface area contributed by atoms with E-state index in [0.29, 0.717) is 11.1 Å². The lowest BCUT2D eigenvalue weighted by Crippen LogP contribution is -2.65. The monoisotopic (exact) mass is 538 g/mol. The van der Waals surface area contributed by atoms with Crippen molar-refractivity contribution in [3.05, 3.63) is 63.8 Å². The van der Waals surface area contributed by atoms with Crippen LogP contribution < -0.4 is 11.1 Å². The summed E-state index contributed by atoms with van der Waals surface area (Å²) in [6.45, 7) is 0.00752. The van der Waals surface area contributed by atoms with E-state index in [9.17, 15) is 39.6 Å². The number of aliphatic hydroxyl groups excluding tert-OH is 2. The van der Waals surface area contributed by atoms with Crippen molar-refractivity contribution in [1.29, 1.82) is 0 Å². The van der Waals surface area contributed by atoms with Crippen LogP contribution in [0.25, 0.3) is 5.76 Å². The smallest absolute Gasteiger partial charge is 0.256 e. The zero-order valence-corrected chi connectivity index (χ0v) is 21.0. The van der Waals surface area contributed by atoms with E-state index >= 15 is 0 Å². The first-order chi connectivity index (χ1) is 18.4. The molecule has 204 valence electrons. The average Bonchev–Trinajstić information content (AvgIpc) is 3.40. The molecule has 13 nitrogen and oxygen atoms in total. The molecule has 2 aromatic rings. The number of carbonyl (C=O) groups is 4. The fourth-order valence-electron chi connectivity index (χ4n) is 6.07. The number of phenolic OH excluding ortho intramolecular Hbond substituents is 1. The average molecular weight is 539 g/mol. The zero-order chi connectivity index (χ0) is 28.4. The number of hydrogen-bond donors (Lipinski definition) is 6. The number of nitrogens with zero attached hydrogens (tertiary/aromatic N) is 2. The van der Waals surface area contributed by atoms with Crippen LogP contribution in [0.4, 0.5) is 0 Å². The maximum atomic E-state index is 13.8. The molecule has 2 amide bonds. The highest BCUT2D eigenvalue weighted by Crippen LogP contribution is 2.52. The van der Waals surface area contributed by atoms with Crippen molar-refractivity contribution in [3.63, 3.8) is 0 Å². The molecule has 1 saturated carbocycles. The van der Waals surface area contributed by atoms with Gasteiger partial charge in [-0.05, 0) is 50.0 Å². The number of nitrogens with two attached hydrogens (primary N) is 1. The summed E-state index contributed by atoms with van der Waals surface area (Å²) in [4.78, 5) is 52.9. The maximum Gasteiger partial charge on any atom is 0.256 e. The summed E-state index contributed by atoms with van der Waals surface area (Å²) in [6, 6.07) is 1.70. The van der Waals surface area contributed by atoms with Crippen LogP contribution in [0, 0.1) is 11.8 Å². The Bertz CT molecular complexity index is 1490. The molecule has 3 aliphatic carbocycles. The summed E-state index contributed by atoms with van der Waals surface area (Å²) in [7, 11) is 3.06. The fraction of sp³-hybridized carbons (Fsp3) is 0.346. The molecule has 1 aromatic carbocycles. The topological polar surface area (TPSA) is 217 Å². The molecule has 7 N–H and O–H groups in total. The van der Waals surface area contributed by atoms with Gasteiger partial charge in [-0.2, -0.15) is 0 Å². The van der Waals surface area contributed by atoms with Crippen LogP contribution in [-0.4, -0.2) is 79.6 Å². The number of amides is 2. The van der Waals surface area contributed by atoms with E-state index in [1.165, 1.54) is 37.5 Å². The molecule has 5 rings (SSSR count). The molecule has 0 radical (unpaired) electrons. The summed E-state index contributed by atoms with van der Waals surface area (Å²) in [6.07, 6.45) is 2.50. The van der Waals surface area contributed by atoms with Crippen molar-refractivity contribution >= 4 is 29.1 Å². The van der Waals surface area contributed by atoms with Gasteiger partial charge >= 0.3 is 0 Å². The van der Waals surface area contributed by atoms with Gasteiger partial charge < -0.3 is 36.0 Å². The highest BCUT2D eigenvalue weighted by molar-refractivity contribution is 6.24. The van der Waals surface area contributed by atoms with Gasteiger partial charge in [-0.15, -0.1) is 0 Å². The highest BCUT2D eigenvalue weighted by Gasteiger charge is 2.64. The van der Waals surface area contributed by atoms with Crippen molar-refractivity contribution in [1.82, 2.24) is 15.4 Å². The third kappa shape index (κ3) is 3.72. The van der Waals surface area contributed by atoms with Crippen LogP contribution in [-0.2, 0) is 27.3 Å². The number of Topliss-reactive ketones (excluding diaryl/α,β-unsaturated/α-hetero) is 2. The Hall–Kier alpha value is -4.49. The zero-order valence-electron chi connectivity index (χ0n) is 21.0. The minimum Gasteiger partial charge on any atom is -0.508 e. The Balaban J connectivity index is 1.61. The Kier molecular flexibility index (Phi) is 6.07. The quantitative estimate of drug-likeness (QED) is 0.276. The van der Waals surface area contributed by atoms with E-state index in [-0.39, 0.29) is 41.8 Å². The van der Waals surface area contributed by atoms with Gasteiger partial charge in [0.15, 0.2) is 11.4 Å². The lowest BCUT2D eigenvalue weighted by molar-refractivity contribution is -0.153. The van der Waals surface area contributed by atoms with Crippen LogP contribution in [0.1, 0.15) is 33.5 Å². The molecular weight excluding hydrogens is 512 g/mol. The van der Waals surface area contributed by atoms with Crippen molar-refractivity contribution in [2.24, 2.45) is 17.6 Å². The Morgan fingerprint density at radius 1 is 1.23 bits per heavy atom. The van der Waals surface area contributed by atoms with E-state index < -0.39 is 64.0 Å². The lowest BCUT2D eigenvalue weighted by Gasteiger charge is -2.50. The Labute approximate surface area is 221 Å². The third-order valence-corrected chi connectivity index (χ3v) is 7.84. The lowest BCUT2D eigenvalue weighted by atomic mass is 9.57. The van der Waals surface area contributed by atoms with E-state index in [1.807, 2.05) is 0 Å². The van der Waals surface area contributed by atoms with E-state index in [4.69, 9.17) is 5.73 Å². The predicted octanol–water partition coefficient (Wildman–Crippen LogP) is -0.118. The number of benzene rings is 1. The van der Waals surface area contributed by atoms with Gasteiger partial charge in [-0.25, -0.2) is 0 Å². The molecule has 3 aliphatic rings. The highest BCUT2D eigenvalue weighted by atomic mass is 16.5. The standard InChI is InChI=1S/C26H26N4O9/c1-30(2)19-14-6-11-5-13-10(7-28-25(37)12-8-29-39-9-12)3-4-15(31)17(13)20(32)16(11)22(34)26(14,38)23(35)18(21(19)33)24(27)36/h3-4,8-9,11,14,19,31-32,35,38H,5-7H2,1-2H3,(H2,27,36)(H,28,37)/t11-,14-,19+,26+/m0/s1. The number of fused-ring (bicyclic) bond motifs is 3. The molecule has 1 aromatic heterocycles. The SMILES string of the molecule is CN(C)[C@H]1C(=O)C(C(N)=O)=C(O)[C@]2(O)C(=O)C3=C(O)c4c(O)ccc(CNC(=O)c5cnoc5)c4C[C@H]3C[C@@H]12. The van der Waals surface area contributed by atoms with Crippen LogP contribution in [0.5, 0.6) is 5.75 Å². The molecule has 0 spiro atoms. The summed E-state index contributed by atoms with van der Waals surface area (Å²) < 4.78 is 4.68. The minimum atomic E-state index is -2.70. The first-order valence-corrected chi connectivity index (χ1v) is 12.1. The van der Waals surface area contributed by atoms with Gasteiger partial charge in [0.25, 0.3) is 11.8 Å². The maximum absolute atomic E-state index is 13.8. The molecule has 39 heavy (non-hydrogen) atoms. The number of rotatable bonds is 5. The van der Waals surface area contributed by atoms with Crippen molar-refractivity contribution in [2.75, 3.05) is 14.1 Å². The van der Waals surface area contributed by atoms with Gasteiger partial charge in [-0.3, -0.25) is 24.1 Å². The van der Waals surface area contributed by atoms with E-state index in [2.05, 4.69) is 15.0 Å². The minimum absolute atomic E-state index is 0.00752. The van der Waals surface area contributed by atoms with Crippen molar-refractivity contribution in [2.45, 2.75) is 31.0 Å². The molecule has 0 saturated heterocycles. The molecule has 1 heterocycles. The summed E-state index contributed by atoms with van der Waals surface area (Å²) >= 11 is 0. The van der Waals surface area contributed by atoms with Gasteiger partial charge in [0.2, 0.25) is 5.78 Å². The number of phenols is 1. The van der Waals surface area contributed by atoms with E-state index in [0.717, 1.165) is 0 Å². The number of likely N-dealkylation sites (N-methyl/N-ethyl adjacent to an activating group) is 1. The van der Waals surface area contributed by atoms with Gasteiger partial charge in [0.1, 0.15) is 29.1 Å². The number of aromatic nitrogens is 1. The molecule has 4 atom stereocenters. The normalized spacial score (nSPS) is 26.3. The second kappa shape index (κ2) is 9.06. The summed E-state index contributed by atoms with van der Waals surface area (Å²) in [5, 5.41) is 50.6. The molecule has 1 fully saturated rings. The van der Waals surface area contributed by atoms with Crippen molar-refractivity contribution in [3.8, 4) is 5.75 Å². The third-order valence-electron chi connectivity index (χ3n) is 7.84. The Morgan fingerprint density at radius 2 is 1.95 bits per heavy atom. The number of carbonyl (C=O) groups excluding carboxylic acids is 4. The second-order valence-corrected chi connectivity index (χ2v) is 10.2.